The Bertz CT molecular complexity index is 674. The summed E-state index contributed by atoms with van der Waals surface area (Å²) in [5, 5.41) is 0. The number of rotatable bonds is 3. The molecule has 0 saturated heterocycles. The van der Waals surface area contributed by atoms with Crippen molar-refractivity contribution in [2.45, 2.75) is 65.0 Å². The molecule has 26 heavy (non-hydrogen) atoms. The number of amides is 1. The van der Waals surface area contributed by atoms with Crippen molar-refractivity contribution < 1.29 is 9.59 Å². The molecule has 1 aliphatic carbocycles. The van der Waals surface area contributed by atoms with E-state index in [2.05, 4.69) is 11.0 Å². The van der Waals surface area contributed by atoms with Crippen LogP contribution in [0.25, 0.3) is 0 Å². The van der Waals surface area contributed by atoms with Gasteiger partial charge in [-0.1, -0.05) is 52.2 Å². The highest BCUT2D eigenvalue weighted by Gasteiger charge is 2.36. The van der Waals surface area contributed by atoms with Gasteiger partial charge in [0.25, 0.3) is 0 Å². The van der Waals surface area contributed by atoms with Gasteiger partial charge in [0.1, 0.15) is 6.04 Å². The molecular formula is C21H31N3O2. The normalized spacial score (nSPS) is 22.2. The maximum absolute atomic E-state index is 13.0. The van der Waals surface area contributed by atoms with Crippen LogP contribution >= 0.6 is 0 Å². The Balaban J connectivity index is 1.99. The molecule has 3 rings (SSSR count). The van der Waals surface area contributed by atoms with Crippen LogP contribution in [0, 0.1) is 5.41 Å². The summed E-state index contributed by atoms with van der Waals surface area (Å²) in [7, 11) is 0. The molecule has 1 saturated carbocycles. The third-order valence-corrected chi connectivity index (χ3v) is 5.61. The highest BCUT2D eigenvalue weighted by Crippen LogP contribution is 2.37. The number of hydrogen-bond donors (Lipinski definition) is 1. The molecule has 1 aromatic rings. The topological polar surface area (TPSA) is 66.6 Å². The van der Waals surface area contributed by atoms with Crippen LogP contribution in [0.15, 0.2) is 24.3 Å². The van der Waals surface area contributed by atoms with Gasteiger partial charge in [0.2, 0.25) is 5.91 Å². The molecule has 1 atom stereocenters. The summed E-state index contributed by atoms with van der Waals surface area (Å²) in [5.41, 5.74) is 7.64. The molecule has 1 heterocycles. The molecule has 5 heteroatoms. The fraction of sp³-hybridized carbons (Fsp3) is 0.619. The van der Waals surface area contributed by atoms with Gasteiger partial charge in [-0.15, -0.1) is 0 Å². The predicted octanol–water partition coefficient (Wildman–Crippen LogP) is 3.11. The van der Waals surface area contributed by atoms with E-state index in [1.807, 2.05) is 39.0 Å². The van der Waals surface area contributed by atoms with Crippen LogP contribution in [-0.2, 0) is 9.59 Å². The smallest absolute Gasteiger partial charge is 0.246 e. The van der Waals surface area contributed by atoms with Gasteiger partial charge in [-0.25, -0.2) is 0 Å². The average Bonchev–Trinajstić information content (AvgIpc) is 2.72. The van der Waals surface area contributed by atoms with Gasteiger partial charge in [0.05, 0.1) is 17.9 Å². The van der Waals surface area contributed by atoms with Crippen molar-refractivity contribution in [1.82, 2.24) is 0 Å². The number of para-hydroxylation sites is 2. The first-order valence-electron chi connectivity index (χ1n) is 9.75. The number of carbonyl (C=O) groups is 2. The number of hydrogen-bond acceptors (Lipinski definition) is 4. The van der Waals surface area contributed by atoms with E-state index in [1.54, 1.807) is 4.90 Å². The van der Waals surface area contributed by atoms with Gasteiger partial charge in [-0.3, -0.25) is 9.59 Å². The lowest BCUT2D eigenvalue weighted by atomic mass is 9.90. The maximum atomic E-state index is 13.0. The second-order valence-electron chi connectivity index (χ2n) is 8.64. The van der Waals surface area contributed by atoms with E-state index in [4.69, 9.17) is 5.73 Å². The molecule has 1 fully saturated rings. The number of ketones is 1. The quantitative estimate of drug-likeness (QED) is 0.903. The van der Waals surface area contributed by atoms with Gasteiger partial charge in [-0.2, -0.15) is 0 Å². The Morgan fingerprint density at radius 2 is 1.73 bits per heavy atom. The van der Waals surface area contributed by atoms with Crippen LogP contribution in [0.3, 0.4) is 0 Å². The lowest BCUT2D eigenvalue weighted by molar-refractivity contribution is -0.127. The molecular weight excluding hydrogens is 326 g/mol. The summed E-state index contributed by atoms with van der Waals surface area (Å²) in [5.74, 6) is -0.118. The molecule has 0 bridgehead atoms. The lowest BCUT2D eigenvalue weighted by Gasteiger charge is -2.36. The Morgan fingerprint density at radius 1 is 1.12 bits per heavy atom. The fourth-order valence-electron chi connectivity index (χ4n) is 3.92. The van der Waals surface area contributed by atoms with Crippen molar-refractivity contribution in [3.63, 3.8) is 0 Å². The van der Waals surface area contributed by atoms with E-state index in [-0.39, 0.29) is 18.2 Å². The zero-order valence-corrected chi connectivity index (χ0v) is 16.2. The highest BCUT2D eigenvalue weighted by molar-refractivity contribution is 6.06. The fourth-order valence-corrected chi connectivity index (χ4v) is 3.92. The minimum Gasteiger partial charge on any atom is -0.365 e. The molecule has 0 radical (unpaired) electrons. The molecule has 142 valence electrons. The zero-order chi connectivity index (χ0) is 18.9. The molecule has 0 spiro atoms. The van der Waals surface area contributed by atoms with E-state index < -0.39 is 11.5 Å². The predicted molar refractivity (Wildman–Crippen MR) is 105 cm³/mol. The molecule has 0 aromatic heterocycles. The summed E-state index contributed by atoms with van der Waals surface area (Å²) in [6.45, 7) is 6.25. The van der Waals surface area contributed by atoms with Crippen LogP contribution in [0.2, 0.25) is 0 Å². The third kappa shape index (κ3) is 3.78. The number of nitrogens with zero attached hydrogens (tertiary/aromatic N) is 2. The number of nitrogens with two attached hydrogens (primary N) is 1. The summed E-state index contributed by atoms with van der Waals surface area (Å²) in [6.07, 6.45) is 5.99. The van der Waals surface area contributed by atoms with E-state index >= 15 is 0 Å². The van der Waals surface area contributed by atoms with Gasteiger partial charge in [0.15, 0.2) is 5.78 Å². The van der Waals surface area contributed by atoms with Crippen LogP contribution < -0.4 is 15.5 Å². The number of Topliss-reactive ketones (excluding diaryl/α,β-unsaturated/α-hetero) is 1. The second kappa shape index (κ2) is 7.39. The summed E-state index contributed by atoms with van der Waals surface area (Å²) in [4.78, 5) is 29.6. The third-order valence-electron chi connectivity index (χ3n) is 5.61. The Hall–Kier alpha value is -1.88. The summed E-state index contributed by atoms with van der Waals surface area (Å²) in [6, 6.07) is 7.73. The van der Waals surface area contributed by atoms with Crippen molar-refractivity contribution in [3.05, 3.63) is 24.3 Å². The molecule has 1 aliphatic heterocycles. The molecule has 5 nitrogen and oxygen atoms in total. The standard InChI is InChI=1S/C21H31N3O2/c1-21(2,3)19(25)14-24-18-12-8-7-11-17(18)23(13-16(22)20(24)26)15-9-5-4-6-10-15/h7-8,11-12,15-16H,4-6,9-10,13-14,22H2,1-3H3/t16-/m0/s1. The number of benzene rings is 1. The molecule has 2 N–H and O–H groups in total. The monoisotopic (exact) mass is 357 g/mol. The molecule has 1 aromatic carbocycles. The number of fused-ring (bicyclic) bond motifs is 1. The van der Waals surface area contributed by atoms with E-state index in [0.717, 1.165) is 24.2 Å². The van der Waals surface area contributed by atoms with Gasteiger partial charge < -0.3 is 15.5 Å². The maximum Gasteiger partial charge on any atom is 0.246 e. The van der Waals surface area contributed by atoms with Gasteiger partial charge >= 0.3 is 0 Å². The van der Waals surface area contributed by atoms with E-state index in [0.29, 0.717) is 12.6 Å². The van der Waals surface area contributed by atoms with Crippen molar-refractivity contribution in [2.24, 2.45) is 11.1 Å². The number of carbonyl (C=O) groups excluding carboxylic acids is 2. The minimum absolute atomic E-state index is 0.0407. The Morgan fingerprint density at radius 3 is 2.35 bits per heavy atom. The summed E-state index contributed by atoms with van der Waals surface area (Å²) >= 11 is 0. The SMILES string of the molecule is CC(C)(C)C(=O)CN1C(=O)[C@@H](N)CN(C2CCCCC2)c2ccccc21. The van der Waals surface area contributed by atoms with Gasteiger partial charge in [-0.05, 0) is 25.0 Å². The largest absolute Gasteiger partial charge is 0.365 e. The molecule has 1 amide bonds. The lowest BCUT2D eigenvalue weighted by Crippen LogP contribution is -2.51. The average molecular weight is 357 g/mol. The van der Waals surface area contributed by atoms with Crippen LogP contribution in [-0.4, -0.2) is 36.9 Å². The van der Waals surface area contributed by atoms with Crippen molar-refractivity contribution in [1.29, 1.82) is 0 Å². The van der Waals surface area contributed by atoms with Crippen LogP contribution in [0.5, 0.6) is 0 Å². The Labute approximate surface area is 156 Å². The molecule has 2 aliphatic rings. The van der Waals surface area contributed by atoms with E-state index in [1.165, 1.54) is 19.3 Å². The van der Waals surface area contributed by atoms with Gasteiger partial charge in [0, 0.05) is 18.0 Å². The molecule has 0 unspecified atom stereocenters. The Kier molecular flexibility index (Phi) is 5.37. The summed E-state index contributed by atoms with van der Waals surface area (Å²) < 4.78 is 0. The zero-order valence-electron chi connectivity index (χ0n) is 16.2. The first-order chi connectivity index (χ1) is 12.3. The van der Waals surface area contributed by atoms with Crippen LogP contribution in [0.1, 0.15) is 52.9 Å². The van der Waals surface area contributed by atoms with E-state index in [9.17, 15) is 9.59 Å². The number of anilines is 2. The second-order valence-corrected chi connectivity index (χ2v) is 8.64. The highest BCUT2D eigenvalue weighted by atomic mass is 16.2. The first kappa shape index (κ1) is 18.9. The van der Waals surface area contributed by atoms with Crippen LogP contribution in [0.4, 0.5) is 11.4 Å². The van der Waals surface area contributed by atoms with Crippen molar-refractivity contribution >= 4 is 23.1 Å². The van der Waals surface area contributed by atoms with Crippen molar-refractivity contribution in [2.75, 3.05) is 22.9 Å². The minimum atomic E-state index is -0.614. The first-order valence-corrected chi connectivity index (χ1v) is 9.75. The van der Waals surface area contributed by atoms with Crippen molar-refractivity contribution in [3.8, 4) is 0 Å².